The molecule has 0 aromatic heterocycles. The van der Waals surface area contributed by atoms with Gasteiger partial charge in [0.05, 0.1) is 12.3 Å². The summed E-state index contributed by atoms with van der Waals surface area (Å²) in [4.78, 5) is 37.0. The molecule has 0 radical (unpaired) electrons. The number of carboxylic acid groups (broad SMARTS) is 1. The van der Waals surface area contributed by atoms with Crippen LogP contribution in [0.5, 0.6) is 0 Å². The third kappa shape index (κ3) is 4.90. The highest BCUT2D eigenvalue weighted by Gasteiger charge is 2.38. The van der Waals surface area contributed by atoms with Crippen molar-refractivity contribution in [1.82, 2.24) is 10.6 Å². The Balaban J connectivity index is 1.18. The number of carbonyl (C=O) groups excluding carboxylic acids is 2. The third-order valence-corrected chi connectivity index (χ3v) is 7.94. The van der Waals surface area contributed by atoms with Crippen LogP contribution in [0.15, 0.2) is 48.5 Å². The first-order chi connectivity index (χ1) is 17.0. The number of hydrogen-bond donors (Lipinski definition) is 3. The molecule has 35 heavy (non-hydrogen) atoms. The quantitative estimate of drug-likeness (QED) is 0.522. The molecule has 3 N–H and O–H groups in total. The Morgan fingerprint density at radius 2 is 1.54 bits per heavy atom. The number of alkyl carbamates (subject to hydrolysis) is 1. The van der Waals surface area contributed by atoms with E-state index in [2.05, 4.69) is 34.9 Å². The van der Waals surface area contributed by atoms with Crippen LogP contribution in [0.25, 0.3) is 11.1 Å². The highest BCUT2D eigenvalue weighted by atomic mass is 16.5. The largest absolute Gasteiger partial charge is 0.481 e. The Kier molecular flexibility index (Phi) is 6.75. The molecular formula is C28H32N2O5. The molecule has 3 aliphatic rings. The van der Waals surface area contributed by atoms with E-state index in [-0.39, 0.29) is 48.8 Å². The fourth-order valence-corrected chi connectivity index (χ4v) is 5.89. The summed E-state index contributed by atoms with van der Waals surface area (Å²) in [5.74, 6) is -1.22. The molecule has 2 saturated carbocycles. The van der Waals surface area contributed by atoms with Gasteiger partial charge in [0, 0.05) is 18.0 Å². The summed E-state index contributed by atoms with van der Waals surface area (Å²) >= 11 is 0. The van der Waals surface area contributed by atoms with Crippen molar-refractivity contribution in [1.29, 1.82) is 0 Å². The van der Waals surface area contributed by atoms with Gasteiger partial charge in [0.25, 0.3) is 0 Å². The van der Waals surface area contributed by atoms with E-state index >= 15 is 0 Å². The molecule has 7 nitrogen and oxygen atoms in total. The minimum Gasteiger partial charge on any atom is -0.481 e. The fourth-order valence-electron chi connectivity index (χ4n) is 5.89. The van der Waals surface area contributed by atoms with Gasteiger partial charge in [-0.25, -0.2) is 4.79 Å². The number of aliphatic carboxylic acids is 1. The summed E-state index contributed by atoms with van der Waals surface area (Å²) in [6, 6.07) is 15.7. The summed E-state index contributed by atoms with van der Waals surface area (Å²) in [7, 11) is 0. The summed E-state index contributed by atoms with van der Waals surface area (Å²) in [5.41, 5.74) is 4.65. The Bertz CT molecular complexity index is 1070. The average molecular weight is 477 g/mol. The van der Waals surface area contributed by atoms with Crippen LogP contribution >= 0.6 is 0 Å². The topological polar surface area (TPSA) is 105 Å². The van der Waals surface area contributed by atoms with Gasteiger partial charge in [-0.1, -0.05) is 61.4 Å². The van der Waals surface area contributed by atoms with Gasteiger partial charge in [-0.2, -0.15) is 0 Å². The highest BCUT2D eigenvalue weighted by molar-refractivity contribution is 5.82. The Morgan fingerprint density at radius 3 is 2.14 bits per heavy atom. The number of hydrogen-bond acceptors (Lipinski definition) is 4. The second kappa shape index (κ2) is 10.1. The number of amides is 2. The third-order valence-electron chi connectivity index (χ3n) is 7.94. The molecule has 7 heteroatoms. The maximum Gasteiger partial charge on any atom is 0.407 e. The molecule has 2 fully saturated rings. The number of nitrogens with one attached hydrogen (secondary N) is 2. The number of rotatable bonds is 8. The number of ether oxygens (including phenoxy) is 1. The van der Waals surface area contributed by atoms with Crippen molar-refractivity contribution in [3.05, 3.63) is 59.7 Å². The summed E-state index contributed by atoms with van der Waals surface area (Å²) in [6.45, 7) is 0.228. The monoisotopic (exact) mass is 476 g/mol. The zero-order valence-corrected chi connectivity index (χ0v) is 19.7. The molecule has 0 aliphatic heterocycles. The van der Waals surface area contributed by atoms with Crippen molar-refractivity contribution in [3.8, 4) is 11.1 Å². The molecule has 184 valence electrons. The van der Waals surface area contributed by atoms with Crippen LogP contribution in [0.4, 0.5) is 4.79 Å². The zero-order chi connectivity index (χ0) is 24.4. The number of fused-ring (bicyclic) bond motifs is 3. The van der Waals surface area contributed by atoms with Gasteiger partial charge in [-0.05, 0) is 53.9 Å². The SMILES string of the molecule is O=C(O)CC(NC(=O)C1CCCC1NC(=O)OCC1c2ccccc2-c2ccccc21)C1CCC1. The average Bonchev–Trinajstić information content (AvgIpc) is 3.38. The molecule has 0 bridgehead atoms. The molecule has 0 saturated heterocycles. The molecule has 5 rings (SSSR count). The van der Waals surface area contributed by atoms with Crippen LogP contribution in [-0.4, -0.2) is 41.8 Å². The van der Waals surface area contributed by atoms with Gasteiger partial charge in [-0.15, -0.1) is 0 Å². The molecule has 2 aromatic rings. The second-order valence-corrected chi connectivity index (χ2v) is 10.0. The minimum atomic E-state index is -0.901. The van der Waals surface area contributed by atoms with E-state index in [9.17, 15) is 19.5 Å². The molecule has 3 atom stereocenters. The summed E-state index contributed by atoms with van der Waals surface area (Å²) in [6.07, 6.45) is 4.60. The first-order valence-corrected chi connectivity index (χ1v) is 12.6. The van der Waals surface area contributed by atoms with Gasteiger partial charge < -0.3 is 20.5 Å². The van der Waals surface area contributed by atoms with Gasteiger partial charge in [0.1, 0.15) is 6.61 Å². The van der Waals surface area contributed by atoms with Crippen molar-refractivity contribution in [2.24, 2.45) is 11.8 Å². The Labute approximate surface area is 205 Å². The van der Waals surface area contributed by atoms with E-state index in [4.69, 9.17) is 4.74 Å². The maximum atomic E-state index is 13.0. The Hall–Kier alpha value is -3.35. The maximum absolute atomic E-state index is 13.0. The van der Waals surface area contributed by atoms with E-state index in [1.165, 1.54) is 11.1 Å². The molecule has 3 aliphatic carbocycles. The van der Waals surface area contributed by atoms with Crippen molar-refractivity contribution in [2.45, 2.75) is 62.9 Å². The predicted molar refractivity (Wildman–Crippen MR) is 131 cm³/mol. The summed E-state index contributed by atoms with van der Waals surface area (Å²) in [5, 5.41) is 15.1. The number of carbonyl (C=O) groups is 3. The summed E-state index contributed by atoms with van der Waals surface area (Å²) < 4.78 is 5.67. The van der Waals surface area contributed by atoms with Crippen LogP contribution in [0.3, 0.4) is 0 Å². The van der Waals surface area contributed by atoms with E-state index in [1.807, 2.05) is 24.3 Å². The Morgan fingerprint density at radius 1 is 0.914 bits per heavy atom. The van der Waals surface area contributed by atoms with E-state index < -0.39 is 12.1 Å². The molecular weight excluding hydrogens is 444 g/mol. The van der Waals surface area contributed by atoms with Crippen molar-refractivity contribution in [3.63, 3.8) is 0 Å². The van der Waals surface area contributed by atoms with Gasteiger partial charge in [-0.3, -0.25) is 9.59 Å². The minimum absolute atomic E-state index is 0.0184. The lowest BCUT2D eigenvalue weighted by Crippen LogP contribution is -2.50. The molecule has 2 aromatic carbocycles. The van der Waals surface area contributed by atoms with E-state index in [1.54, 1.807) is 0 Å². The number of carboxylic acids is 1. The first kappa shape index (κ1) is 23.4. The van der Waals surface area contributed by atoms with Crippen LogP contribution in [-0.2, 0) is 14.3 Å². The van der Waals surface area contributed by atoms with Gasteiger partial charge in [0.2, 0.25) is 5.91 Å². The number of benzene rings is 2. The fraction of sp³-hybridized carbons (Fsp3) is 0.464. The smallest absolute Gasteiger partial charge is 0.407 e. The van der Waals surface area contributed by atoms with Crippen LogP contribution in [0, 0.1) is 11.8 Å². The van der Waals surface area contributed by atoms with Gasteiger partial charge in [0.15, 0.2) is 0 Å². The predicted octanol–water partition coefficient (Wildman–Crippen LogP) is 4.45. The lowest BCUT2D eigenvalue weighted by molar-refractivity contribution is -0.138. The first-order valence-electron chi connectivity index (χ1n) is 12.6. The molecule has 0 spiro atoms. The van der Waals surface area contributed by atoms with Crippen LogP contribution in [0.2, 0.25) is 0 Å². The molecule has 2 amide bonds. The lowest BCUT2D eigenvalue weighted by Gasteiger charge is -2.34. The zero-order valence-electron chi connectivity index (χ0n) is 19.7. The lowest BCUT2D eigenvalue weighted by atomic mass is 9.78. The van der Waals surface area contributed by atoms with Gasteiger partial charge >= 0.3 is 12.1 Å². The van der Waals surface area contributed by atoms with Crippen molar-refractivity contribution >= 4 is 18.0 Å². The van der Waals surface area contributed by atoms with Crippen molar-refractivity contribution < 1.29 is 24.2 Å². The van der Waals surface area contributed by atoms with Crippen LogP contribution < -0.4 is 10.6 Å². The van der Waals surface area contributed by atoms with E-state index in [0.29, 0.717) is 12.8 Å². The second-order valence-electron chi connectivity index (χ2n) is 10.0. The molecule has 0 heterocycles. The standard InChI is InChI=1S/C28H32N2O5/c31-26(32)15-25(17-7-5-8-17)29-27(33)22-13-6-14-24(22)30-28(34)35-16-23-20-11-3-1-9-18(20)19-10-2-4-12-21(19)23/h1-4,9-12,17,22-25H,5-8,13-16H2,(H,29,33)(H,30,34)(H,31,32). The van der Waals surface area contributed by atoms with Crippen molar-refractivity contribution in [2.75, 3.05) is 6.61 Å². The molecule has 3 unspecified atom stereocenters. The normalized spacial score (nSPS) is 21.9. The van der Waals surface area contributed by atoms with E-state index in [0.717, 1.165) is 36.8 Å². The van der Waals surface area contributed by atoms with Crippen LogP contribution in [0.1, 0.15) is 62.0 Å². The highest BCUT2D eigenvalue weighted by Crippen LogP contribution is 2.44.